The van der Waals surface area contributed by atoms with Gasteiger partial charge in [-0.25, -0.2) is 4.39 Å². The maximum Gasteiger partial charge on any atom is 0.244 e. The monoisotopic (exact) mass is 343 g/mol. The van der Waals surface area contributed by atoms with Crippen LogP contribution in [0, 0.1) is 5.82 Å². The molecule has 122 valence electrons. The highest BCUT2D eigenvalue weighted by molar-refractivity contribution is 6.31. The molecule has 7 heteroatoms. The zero-order valence-electron chi connectivity index (χ0n) is 12.7. The van der Waals surface area contributed by atoms with Crippen LogP contribution < -0.4 is 10.6 Å². The summed E-state index contributed by atoms with van der Waals surface area (Å²) in [5.74, 6) is 0.720. The van der Waals surface area contributed by atoms with Gasteiger partial charge in [-0.15, -0.1) is 5.10 Å². The molecule has 0 fully saturated rings. The third kappa shape index (κ3) is 4.39. The van der Waals surface area contributed by atoms with E-state index in [-0.39, 0.29) is 5.82 Å². The first-order valence-corrected chi connectivity index (χ1v) is 7.74. The van der Waals surface area contributed by atoms with Crippen molar-refractivity contribution in [1.29, 1.82) is 0 Å². The van der Waals surface area contributed by atoms with Crippen LogP contribution in [-0.4, -0.2) is 15.2 Å². The lowest BCUT2D eigenvalue weighted by molar-refractivity contribution is 0.627. The predicted molar refractivity (Wildman–Crippen MR) is 92.3 cm³/mol. The molecule has 0 aliphatic heterocycles. The molecule has 0 amide bonds. The second kappa shape index (κ2) is 7.70. The van der Waals surface area contributed by atoms with Crippen molar-refractivity contribution in [2.75, 3.05) is 10.6 Å². The Balaban J connectivity index is 1.59. The summed E-state index contributed by atoms with van der Waals surface area (Å²) < 4.78 is 12.9. The summed E-state index contributed by atoms with van der Waals surface area (Å²) in [5.41, 5.74) is 1.90. The fraction of sp³-hybridized carbons (Fsp3) is 0.118. The first-order valence-electron chi connectivity index (χ1n) is 7.36. The van der Waals surface area contributed by atoms with Gasteiger partial charge < -0.3 is 10.6 Å². The van der Waals surface area contributed by atoms with E-state index in [1.54, 1.807) is 18.3 Å². The molecule has 0 aliphatic rings. The summed E-state index contributed by atoms with van der Waals surface area (Å²) in [5, 5.41) is 14.8. The molecule has 1 aromatic heterocycles. The van der Waals surface area contributed by atoms with Crippen LogP contribution in [0.25, 0.3) is 0 Å². The van der Waals surface area contributed by atoms with Gasteiger partial charge >= 0.3 is 0 Å². The van der Waals surface area contributed by atoms with E-state index in [1.807, 2.05) is 24.3 Å². The van der Waals surface area contributed by atoms with Gasteiger partial charge in [0.2, 0.25) is 5.95 Å². The van der Waals surface area contributed by atoms with Crippen LogP contribution in [0.2, 0.25) is 5.02 Å². The number of rotatable bonds is 6. The second-order valence-corrected chi connectivity index (χ2v) is 5.50. The van der Waals surface area contributed by atoms with Crippen molar-refractivity contribution < 1.29 is 4.39 Å². The Bertz CT molecular complexity index is 810. The molecule has 0 saturated heterocycles. The molecule has 2 aromatic carbocycles. The number of anilines is 2. The highest BCUT2D eigenvalue weighted by Gasteiger charge is 2.03. The fourth-order valence-corrected chi connectivity index (χ4v) is 2.28. The third-order valence-electron chi connectivity index (χ3n) is 3.34. The lowest BCUT2D eigenvalue weighted by atomic mass is 10.2. The SMILES string of the molecule is Fc1ccc(CNc2nncc(NCc3ccccc3Cl)n2)cc1. The molecule has 2 N–H and O–H groups in total. The predicted octanol–water partition coefficient (Wildman–Crippen LogP) is 3.89. The van der Waals surface area contributed by atoms with Gasteiger partial charge in [0.1, 0.15) is 5.82 Å². The zero-order valence-corrected chi connectivity index (χ0v) is 13.5. The van der Waals surface area contributed by atoms with Crippen LogP contribution in [0.15, 0.2) is 54.7 Å². The van der Waals surface area contributed by atoms with Crippen molar-refractivity contribution >= 4 is 23.4 Å². The maximum atomic E-state index is 12.9. The van der Waals surface area contributed by atoms with Crippen LogP contribution in [0.4, 0.5) is 16.2 Å². The highest BCUT2D eigenvalue weighted by atomic mass is 35.5. The van der Waals surface area contributed by atoms with Crippen LogP contribution in [0.5, 0.6) is 0 Å². The Morgan fingerprint density at radius 1 is 0.958 bits per heavy atom. The summed E-state index contributed by atoms with van der Waals surface area (Å²) >= 11 is 6.12. The summed E-state index contributed by atoms with van der Waals surface area (Å²) in [6.45, 7) is 1.02. The van der Waals surface area contributed by atoms with Gasteiger partial charge in [-0.1, -0.05) is 41.9 Å². The van der Waals surface area contributed by atoms with Crippen molar-refractivity contribution in [2.45, 2.75) is 13.1 Å². The van der Waals surface area contributed by atoms with Crippen molar-refractivity contribution in [1.82, 2.24) is 15.2 Å². The van der Waals surface area contributed by atoms with E-state index in [1.165, 1.54) is 12.1 Å². The van der Waals surface area contributed by atoms with Gasteiger partial charge in [-0.05, 0) is 29.3 Å². The molecule has 0 radical (unpaired) electrons. The molecule has 0 spiro atoms. The van der Waals surface area contributed by atoms with E-state index in [0.717, 1.165) is 11.1 Å². The van der Waals surface area contributed by atoms with Gasteiger partial charge in [0.15, 0.2) is 5.82 Å². The minimum Gasteiger partial charge on any atom is -0.364 e. The number of benzene rings is 2. The molecular formula is C17H15ClFN5. The number of hydrogen-bond acceptors (Lipinski definition) is 5. The van der Waals surface area contributed by atoms with Crippen molar-refractivity contribution in [3.8, 4) is 0 Å². The van der Waals surface area contributed by atoms with E-state index in [4.69, 9.17) is 11.6 Å². The highest BCUT2D eigenvalue weighted by Crippen LogP contribution is 2.16. The zero-order chi connectivity index (χ0) is 16.8. The molecule has 24 heavy (non-hydrogen) atoms. The van der Waals surface area contributed by atoms with Crippen molar-refractivity contribution in [3.05, 3.63) is 76.7 Å². The van der Waals surface area contributed by atoms with Crippen LogP contribution in [0.1, 0.15) is 11.1 Å². The molecule has 1 heterocycles. The Kier molecular flexibility index (Phi) is 5.18. The molecule has 0 saturated carbocycles. The van der Waals surface area contributed by atoms with Gasteiger partial charge in [0.05, 0.1) is 6.20 Å². The molecule has 0 atom stereocenters. The number of hydrogen-bond donors (Lipinski definition) is 2. The number of halogens is 2. The average molecular weight is 344 g/mol. The van der Waals surface area contributed by atoms with Gasteiger partial charge in [-0.3, -0.25) is 0 Å². The fourth-order valence-electron chi connectivity index (χ4n) is 2.07. The first kappa shape index (κ1) is 16.1. The molecule has 0 aliphatic carbocycles. The normalized spacial score (nSPS) is 10.4. The summed E-state index contributed by atoms with van der Waals surface area (Å²) in [7, 11) is 0. The minimum absolute atomic E-state index is 0.262. The average Bonchev–Trinajstić information content (AvgIpc) is 2.61. The molecule has 0 unspecified atom stereocenters. The van der Waals surface area contributed by atoms with E-state index < -0.39 is 0 Å². The Hall–Kier alpha value is -2.73. The molecule has 5 nitrogen and oxygen atoms in total. The van der Waals surface area contributed by atoms with Gasteiger partial charge in [-0.2, -0.15) is 10.1 Å². The van der Waals surface area contributed by atoms with Crippen LogP contribution >= 0.6 is 11.6 Å². The van der Waals surface area contributed by atoms with E-state index >= 15 is 0 Å². The van der Waals surface area contributed by atoms with Crippen molar-refractivity contribution in [2.24, 2.45) is 0 Å². The lowest BCUT2D eigenvalue weighted by Gasteiger charge is -2.08. The van der Waals surface area contributed by atoms with Gasteiger partial charge in [0, 0.05) is 18.1 Å². The van der Waals surface area contributed by atoms with E-state index in [2.05, 4.69) is 25.8 Å². The van der Waals surface area contributed by atoms with E-state index in [0.29, 0.717) is 29.9 Å². The first-order chi connectivity index (χ1) is 11.7. The molecule has 3 aromatic rings. The number of nitrogens with one attached hydrogen (secondary N) is 2. The Morgan fingerprint density at radius 2 is 1.75 bits per heavy atom. The topological polar surface area (TPSA) is 62.7 Å². The number of aromatic nitrogens is 3. The Morgan fingerprint density at radius 3 is 2.54 bits per heavy atom. The summed E-state index contributed by atoms with van der Waals surface area (Å²) in [6.07, 6.45) is 1.54. The molecule has 3 rings (SSSR count). The minimum atomic E-state index is -0.262. The third-order valence-corrected chi connectivity index (χ3v) is 3.71. The smallest absolute Gasteiger partial charge is 0.244 e. The van der Waals surface area contributed by atoms with Crippen molar-refractivity contribution in [3.63, 3.8) is 0 Å². The maximum absolute atomic E-state index is 12.9. The standard InChI is InChI=1S/C17H15ClFN5/c18-15-4-2-1-3-13(15)10-20-16-11-22-24-17(23-16)21-9-12-5-7-14(19)8-6-12/h1-8,11H,9-10H2,(H2,20,21,23,24). The quantitative estimate of drug-likeness (QED) is 0.711. The van der Waals surface area contributed by atoms with Gasteiger partial charge in [0.25, 0.3) is 0 Å². The van der Waals surface area contributed by atoms with Crippen LogP contribution in [0.3, 0.4) is 0 Å². The lowest BCUT2D eigenvalue weighted by Crippen LogP contribution is -2.08. The summed E-state index contributed by atoms with van der Waals surface area (Å²) in [6, 6.07) is 13.8. The Labute approximate surface area is 143 Å². The van der Waals surface area contributed by atoms with E-state index in [9.17, 15) is 4.39 Å². The van der Waals surface area contributed by atoms with Crippen LogP contribution in [-0.2, 0) is 13.1 Å². The summed E-state index contributed by atoms with van der Waals surface area (Å²) in [4.78, 5) is 4.34. The second-order valence-electron chi connectivity index (χ2n) is 5.09. The molecular weight excluding hydrogens is 329 g/mol. The molecule has 0 bridgehead atoms. The largest absolute Gasteiger partial charge is 0.364 e. The number of nitrogens with zero attached hydrogens (tertiary/aromatic N) is 3.